The minimum Gasteiger partial charge on any atom is -0.373 e. The van der Waals surface area contributed by atoms with Gasteiger partial charge in [0.05, 0.1) is 0 Å². The van der Waals surface area contributed by atoms with E-state index in [1.807, 2.05) is 0 Å². The molecular formula is C13H33NO3Si. The van der Waals surface area contributed by atoms with Crippen molar-refractivity contribution < 1.29 is 13.3 Å². The van der Waals surface area contributed by atoms with Crippen LogP contribution >= 0.6 is 0 Å². The van der Waals surface area contributed by atoms with E-state index in [0.717, 1.165) is 58.0 Å². The van der Waals surface area contributed by atoms with Gasteiger partial charge >= 0.3 is 8.80 Å². The molecule has 0 radical (unpaired) electrons. The maximum atomic E-state index is 5.98. The summed E-state index contributed by atoms with van der Waals surface area (Å²) >= 11 is 0. The van der Waals surface area contributed by atoms with E-state index < -0.39 is 8.80 Å². The Kier molecular flexibility index (Phi) is 15.3. The van der Waals surface area contributed by atoms with Crippen LogP contribution in [-0.4, -0.2) is 28.6 Å². The summed E-state index contributed by atoms with van der Waals surface area (Å²) in [5.74, 6) is 0. The monoisotopic (exact) mass is 279 g/mol. The number of unbranched alkanes of at least 4 members (excludes halogenated alkanes) is 1. The van der Waals surface area contributed by atoms with Gasteiger partial charge < -0.3 is 19.4 Å². The van der Waals surface area contributed by atoms with Gasteiger partial charge in [-0.25, -0.2) is 0 Å². The molecule has 0 aromatic heterocycles. The summed E-state index contributed by atoms with van der Waals surface area (Å²) in [7, 11) is -2.38. The second-order valence-corrected chi connectivity index (χ2v) is 7.06. The second-order valence-electron chi connectivity index (χ2n) is 4.33. The van der Waals surface area contributed by atoms with Crippen molar-refractivity contribution in [1.82, 2.24) is 6.15 Å². The maximum absolute atomic E-state index is 5.98. The molecule has 0 saturated carbocycles. The third-order valence-corrected chi connectivity index (χ3v) is 5.31. The lowest BCUT2D eigenvalue weighted by Gasteiger charge is -2.29. The first kappa shape index (κ1) is 20.4. The Morgan fingerprint density at radius 3 is 1.33 bits per heavy atom. The van der Waals surface area contributed by atoms with E-state index in [2.05, 4.69) is 27.7 Å². The lowest BCUT2D eigenvalue weighted by molar-refractivity contribution is 0.0587. The van der Waals surface area contributed by atoms with E-state index in [4.69, 9.17) is 13.3 Å². The highest BCUT2D eigenvalue weighted by atomic mass is 28.4. The van der Waals surface area contributed by atoms with Crippen molar-refractivity contribution in [2.45, 2.75) is 65.8 Å². The zero-order chi connectivity index (χ0) is 13.0. The molecule has 5 heteroatoms. The first-order chi connectivity index (χ1) is 8.24. The van der Waals surface area contributed by atoms with Crippen molar-refractivity contribution in [2.24, 2.45) is 0 Å². The molecule has 112 valence electrons. The third kappa shape index (κ3) is 9.05. The molecule has 3 N–H and O–H groups in total. The molecule has 0 atom stereocenters. The van der Waals surface area contributed by atoms with E-state index in [1.165, 1.54) is 0 Å². The lowest BCUT2D eigenvalue weighted by Crippen LogP contribution is -2.46. The summed E-state index contributed by atoms with van der Waals surface area (Å²) in [4.78, 5) is 0. The molecular weight excluding hydrogens is 246 g/mol. The number of rotatable bonds is 12. The van der Waals surface area contributed by atoms with Crippen molar-refractivity contribution in [3.8, 4) is 0 Å². The van der Waals surface area contributed by atoms with E-state index in [9.17, 15) is 0 Å². The third-order valence-electron chi connectivity index (χ3n) is 2.41. The zero-order valence-corrected chi connectivity index (χ0v) is 13.8. The molecule has 0 saturated heterocycles. The Balaban J connectivity index is 0. The average Bonchev–Trinajstić information content (AvgIpc) is 2.37. The Bertz CT molecular complexity index is 133. The normalized spacial score (nSPS) is 11.3. The van der Waals surface area contributed by atoms with Crippen molar-refractivity contribution >= 4 is 8.80 Å². The average molecular weight is 279 g/mol. The summed E-state index contributed by atoms with van der Waals surface area (Å²) in [5, 5.41) is 0. The van der Waals surface area contributed by atoms with Gasteiger partial charge in [-0.15, -0.1) is 0 Å². The van der Waals surface area contributed by atoms with Crippen molar-refractivity contribution in [1.29, 1.82) is 0 Å². The van der Waals surface area contributed by atoms with Crippen LogP contribution in [0, 0.1) is 0 Å². The van der Waals surface area contributed by atoms with Gasteiger partial charge in [-0.05, 0) is 25.7 Å². The topological polar surface area (TPSA) is 62.7 Å². The fourth-order valence-corrected chi connectivity index (χ4v) is 4.52. The summed E-state index contributed by atoms with van der Waals surface area (Å²) in [6, 6.07) is 0.962. The van der Waals surface area contributed by atoms with E-state index in [0.29, 0.717) is 0 Å². The first-order valence-electron chi connectivity index (χ1n) is 7.16. The minimum atomic E-state index is -2.38. The molecule has 0 aliphatic carbocycles. The molecule has 0 heterocycles. The second kappa shape index (κ2) is 13.5. The van der Waals surface area contributed by atoms with E-state index in [1.54, 1.807) is 0 Å². The quantitative estimate of drug-likeness (QED) is 0.545. The molecule has 0 aromatic carbocycles. The van der Waals surface area contributed by atoms with Crippen LogP contribution in [0.1, 0.15) is 59.8 Å². The molecule has 0 aliphatic heterocycles. The van der Waals surface area contributed by atoms with Crippen LogP contribution in [0.4, 0.5) is 0 Å². The smallest absolute Gasteiger partial charge is 0.373 e. The molecule has 18 heavy (non-hydrogen) atoms. The molecule has 0 fully saturated rings. The molecule has 0 spiro atoms. The lowest BCUT2D eigenvalue weighted by atomic mass is 10.4. The van der Waals surface area contributed by atoms with Crippen LogP contribution in [0.25, 0.3) is 0 Å². The van der Waals surface area contributed by atoms with Crippen LogP contribution in [0.2, 0.25) is 6.04 Å². The SMILES string of the molecule is CCCC[Si](OCCC)(OCCC)OCCC.N. The Labute approximate surface area is 114 Å². The van der Waals surface area contributed by atoms with Gasteiger partial charge in [0, 0.05) is 25.9 Å². The van der Waals surface area contributed by atoms with Gasteiger partial charge in [0.25, 0.3) is 0 Å². The van der Waals surface area contributed by atoms with Gasteiger partial charge in [-0.1, -0.05) is 34.1 Å². The number of hydrogen-bond acceptors (Lipinski definition) is 4. The highest BCUT2D eigenvalue weighted by Gasteiger charge is 2.39. The van der Waals surface area contributed by atoms with Gasteiger partial charge in [0.2, 0.25) is 0 Å². The molecule has 0 aliphatic rings. The molecule has 0 rings (SSSR count). The van der Waals surface area contributed by atoms with Crippen LogP contribution in [-0.2, 0) is 13.3 Å². The summed E-state index contributed by atoms with van der Waals surface area (Å²) in [6.45, 7) is 10.8. The van der Waals surface area contributed by atoms with Gasteiger partial charge in [0.15, 0.2) is 0 Å². The van der Waals surface area contributed by atoms with E-state index >= 15 is 0 Å². The van der Waals surface area contributed by atoms with Crippen molar-refractivity contribution in [2.75, 3.05) is 19.8 Å². The predicted molar refractivity (Wildman–Crippen MR) is 79.2 cm³/mol. The Hall–Kier alpha value is 0.0569. The molecule has 4 nitrogen and oxygen atoms in total. The van der Waals surface area contributed by atoms with Gasteiger partial charge in [0.1, 0.15) is 0 Å². The molecule has 0 unspecified atom stereocenters. The fourth-order valence-electron chi connectivity index (χ4n) is 1.51. The summed E-state index contributed by atoms with van der Waals surface area (Å²) < 4.78 is 17.9. The highest BCUT2D eigenvalue weighted by Crippen LogP contribution is 2.20. The standard InChI is InChI=1S/C13H30O3Si.H3N/c1-5-9-13-17(14-10-6-2,15-11-7-3)16-12-8-4;/h5-13H2,1-4H3;1H3. The van der Waals surface area contributed by atoms with E-state index in [-0.39, 0.29) is 6.15 Å². The number of hydrogen-bond donors (Lipinski definition) is 1. The summed E-state index contributed by atoms with van der Waals surface area (Å²) in [5.41, 5.74) is 0. The first-order valence-corrected chi connectivity index (χ1v) is 9.09. The largest absolute Gasteiger partial charge is 0.500 e. The maximum Gasteiger partial charge on any atom is 0.500 e. The molecule has 0 amide bonds. The predicted octanol–water partition coefficient (Wildman–Crippen LogP) is 4.17. The van der Waals surface area contributed by atoms with Crippen molar-refractivity contribution in [3.63, 3.8) is 0 Å². The van der Waals surface area contributed by atoms with Crippen LogP contribution in [0.5, 0.6) is 0 Å². The minimum absolute atomic E-state index is 0. The van der Waals surface area contributed by atoms with Crippen LogP contribution < -0.4 is 6.15 Å². The Morgan fingerprint density at radius 2 is 1.06 bits per heavy atom. The van der Waals surface area contributed by atoms with Crippen LogP contribution in [0.3, 0.4) is 0 Å². The summed E-state index contributed by atoms with van der Waals surface area (Å²) in [6.07, 6.45) is 5.35. The van der Waals surface area contributed by atoms with Crippen LogP contribution in [0.15, 0.2) is 0 Å². The molecule has 0 aromatic rings. The zero-order valence-electron chi connectivity index (χ0n) is 12.8. The fraction of sp³-hybridized carbons (Fsp3) is 1.00. The van der Waals surface area contributed by atoms with Gasteiger partial charge in [-0.2, -0.15) is 0 Å². The highest BCUT2D eigenvalue weighted by molar-refractivity contribution is 6.60. The van der Waals surface area contributed by atoms with Gasteiger partial charge in [-0.3, -0.25) is 0 Å². The van der Waals surface area contributed by atoms with Crippen molar-refractivity contribution in [3.05, 3.63) is 0 Å². The Morgan fingerprint density at radius 1 is 0.667 bits per heavy atom. The molecule has 0 bridgehead atoms.